The summed E-state index contributed by atoms with van der Waals surface area (Å²) in [4.78, 5) is 22.2. The van der Waals surface area contributed by atoms with Crippen molar-refractivity contribution in [2.75, 3.05) is 7.11 Å². The van der Waals surface area contributed by atoms with Crippen LogP contribution in [0.15, 0.2) is 16.8 Å². The fourth-order valence-electron chi connectivity index (χ4n) is 1.04. The van der Waals surface area contributed by atoms with Gasteiger partial charge >= 0.3 is 5.97 Å². The number of esters is 1. The standard InChI is InChI=1S/C9H11NO3S/c1-6(11)10-8(9(12)13-2)7-3-4-14-5-7/h3-5,8H,1-2H3,(H,10,11)/t8-/m1/s1. The van der Waals surface area contributed by atoms with Gasteiger partial charge in [-0.15, -0.1) is 0 Å². The van der Waals surface area contributed by atoms with Crippen LogP contribution < -0.4 is 5.32 Å². The van der Waals surface area contributed by atoms with E-state index in [1.54, 1.807) is 11.4 Å². The van der Waals surface area contributed by atoms with Gasteiger partial charge in [-0.3, -0.25) is 4.79 Å². The van der Waals surface area contributed by atoms with Gasteiger partial charge < -0.3 is 10.1 Å². The monoisotopic (exact) mass is 213 g/mol. The fraction of sp³-hybridized carbons (Fsp3) is 0.333. The quantitative estimate of drug-likeness (QED) is 0.765. The highest BCUT2D eigenvalue weighted by molar-refractivity contribution is 7.08. The third-order valence-corrected chi connectivity index (χ3v) is 2.36. The van der Waals surface area contributed by atoms with Gasteiger partial charge in [0.15, 0.2) is 6.04 Å². The predicted octanol–water partition coefficient (Wildman–Crippen LogP) is 1.10. The van der Waals surface area contributed by atoms with Crippen molar-refractivity contribution in [2.24, 2.45) is 0 Å². The normalized spacial score (nSPS) is 11.9. The molecular weight excluding hydrogens is 202 g/mol. The number of ether oxygens (including phenoxy) is 1. The molecule has 0 bridgehead atoms. The largest absolute Gasteiger partial charge is 0.467 e. The van der Waals surface area contributed by atoms with E-state index in [9.17, 15) is 9.59 Å². The van der Waals surface area contributed by atoms with Gasteiger partial charge in [-0.05, 0) is 22.4 Å². The average molecular weight is 213 g/mol. The molecule has 0 aliphatic rings. The maximum Gasteiger partial charge on any atom is 0.333 e. The number of amides is 1. The zero-order valence-electron chi connectivity index (χ0n) is 7.94. The van der Waals surface area contributed by atoms with Gasteiger partial charge in [-0.1, -0.05) is 0 Å². The second-order valence-electron chi connectivity index (χ2n) is 2.71. The Morgan fingerprint density at radius 2 is 2.29 bits per heavy atom. The van der Waals surface area contributed by atoms with Crippen LogP contribution in [0.3, 0.4) is 0 Å². The van der Waals surface area contributed by atoms with Gasteiger partial charge in [-0.2, -0.15) is 11.3 Å². The Balaban J connectivity index is 2.82. The molecule has 1 N–H and O–H groups in total. The molecule has 0 spiro atoms. The van der Waals surface area contributed by atoms with Crippen molar-refractivity contribution in [3.05, 3.63) is 22.4 Å². The maximum absolute atomic E-state index is 11.3. The Morgan fingerprint density at radius 1 is 1.57 bits per heavy atom. The minimum absolute atomic E-state index is 0.258. The lowest BCUT2D eigenvalue weighted by molar-refractivity contribution is -0.145. The number of hydrogen-bond acceptors (Lipinski definition) is 4. The number of nitrogens with one attached hydrogen (secondary N) is 1. The Labute approximate surface area is 85.9 Å². The van der Waals surface area contributed by atoms with Crippen molar-refractivity contribution >= 4 is 23.2 Å². The Kier molecular flexibility index (Phi) is 3.64. The van der Waals surface area contributed by atoms with Gasteiger partial charge in [-0.25, -0.2) is 4.79 Å². The number of carbonyl (C=O) groups is 2. The van der Waals surface area contributed by atoms with Gasteiger partial charge in [0, 0.05) is 6.92 Å². The second-order valence-corrected chi connectivity index (χ2v) is 3.49. The van der Waals surface area contributed by atoms with E-state index < -0.39 is 12.0 Å². The van der Waals surface area contributed by atoms with E-state index in [4.69, 9.17) is 0 Å². The fourth-order valence-corrected chi connectivity index (χ4v) is 1.72. The molecule has 14 heavy (non-hydrogen) atoms. The number of thiophene rings is 1. The summed E-state index contributed by atoms with van der Waals surface area (Å²) in [6.07, 6.45) is 0. The molecule has 0 fully saturated rings. The lowest BCUT2D eigenvalue weighted by atomic mass is 10.1. The van der Waals surface area contributed by atoms with Gasteiger partial charge in [0.2, 0.25) is 5.91 Å². The highest BCUT2D eigenvalue weighted by Crippen LogP contribution is 2.17. The molecule has 0 aliphatic carbocycles. The summed E-state index contributed by atoms with van der Waals surface area (Å²) >= 11 is 1.46. The van der Waals surface area contributed by atoms with E-state index in [0.29, 0.717) is 0 Å². The summed E-state index contributed by atoms with van der Waals surface area (Å²) in [6, 6.07) is 1.09. The highest BCUT2D eigenvalue weighted by atomic mass is 32.1. The van der Waals surface area contributed by atoms with E-state index in [-0.39, 0.29) is 5.91 Å². The second kappa shape index (κ2) is 4.76. The molecular formula is C9H11NO3S. The molecule has 0 saturated carbocycles. The van der Waals surface area contributed by atoms with Gasteiger partial charge in [0.05, 0.1) is 7.11 Å². The number of rotatable bonds is 3. The first-order valence-corrected chi connectivity index (χ1v) is 4.96. The van der Waals surface area contributed by atoms with Gasteiger partial charge in [0.1, 0.15) is 0 Å². The van der Waals surface area contributed by atoms with Crippen molar-refractivity contribution in [3.8, 4) is 0 Å². The Bertz CT molecular complexity index is 321. The van der Waals surface area contributed by atoms with Crippen LogP contribution in [0.25, 0.3) is 0 Å². The van der Waals surface area contributed by atoms with E-state index >= 15 is 0 Å². The molecule has 4 nitrogen and oxygen atoms in total. The zero-order chi connectivity index (χ0) is 10.6. The molecule has 1 aromatic rings. The zero-order valence-corrected chi connectivity index (χ0v) is 8.76. The Morgan fingerprint density at radius 3 is 2.71 bits per heavy atom. The molecule has 1 aromatic heterocycles. The molecule has 1 heterocycles. The lowest BCUT2D eigenvalue weighted by Gasteiger charge is -2.13. The van der Waals surface area contributed by atoms with Crippen LogP contribution in [0, 0.1) is 0 Å². The molecule has 5 heteroatoms. The maximum atomic E-state index is 11.3. The molecule has 0 saturated heterocycles. The average Bonchev–Trinajstić information content (AvgIpc) is 2.65. The first-order chi connectivity index (χ1) is 6.65. The number of methoxy groups -OCH3 is 1. The predicted molar refractivity (Wildman–Crippen MR) is 52.9 cm³/mol. The van der Waals surface area contributed by atoms with Crippen LogP contribution in [-0.4, -0.2) is 19.0 Å². The van der Waals surface area contributed by atoms with E-state index in [1.807, 2.05) is 5.38 Å². The van der Waals surface area contributed by atoms with Crippen molar-refractivity contribution in [1.29, 1.82) is 0 Å². The van der Waals surface area contributed by atoms with E-state index in [1.165, 1.54) is 25.4 Å². The molecule has 0 radical (unpaired) electrons. The van der Waals surface area contributed by atoms with Crippen LogP contribution in [-0.2, 0) is 14.3 Å². The molecule has 0 aliphatic heterocycles. The van der Waals surface area contributed by atoms with Crippen LogP contribution in [0.1, 0.15) is 18.5 Å². The van der Waals surface area contributed by atoms with Gasteiger partial charge in [0.25, 0.3) is 0 Å². The molecule has 0 unspecified atom stereocenters. The SMILES string of the molecule is COC(=O)[C@H](NC(C)=O)c1ccsc1. The van der Waals surface area contributed by atoms with Crippen LogP contribution in [0.4, 0.5) is 0 Å². The first-order valence-electron chi connectivity index (χ1n) is 4.02. The van der Waals surface area contributed by atoms with Crippen LogP contribution >= 0.6 is 11.3 Å². The molecule has 0 aromatic carbocycles. The first kappa shape index (κ1) is 10.7. The van der Waals surface area contributed by atoms with E-state index in [0.717, 1.165) is 5.56 Å². The number of carbonyl (C=O) groups excluding carboxylic acids is 2. The lowest BCUT2D eigenvalue weighted by Crippen LogP contribution is -2.32. The topological polar surface area (TPSA) is 55.4 Å². The van der Waals surface area contributed by atoms with Crippen molar-refractivity contribution in [3.63, 3.8) is 0 Å². The summed E-state index contributed by atoms with van der Waals surface area (Å²) in [5, 5.41) is 6.17. The molecule has 1 amide bonds. The minimum atomic E-state index is -0.691. The molecule has 76 valence electrons. The molecule has 1 atom stereocenters. The van der Waals surface area contributed by atoms with Crippen molar-refractivity contribution in [2.45, 2.75) is 13.0 Å². The highest BCUT2D eigenvalue weighted by Gasteiger charge is 2.22. The summed E-state index contributed by atoms with van der Waals surface area (Å²) < 4.78 is 4.59. The third kappa shape index (κ3) is 2.56. The van der Waals surface area contributed by atoms with Crippen molar-refractivity contribution in [1.82, 2.24) is 5.32 Å². The summed E-state index contributed by atoms with van der Waals surface area (Å²) in [5.74, 6) is -0.717. The van der Waals surface area contributed by atoms with Crippen LogP contribution in [0.5, 0.6) is 0 Å². The summed E-state index contributed by atoms with van der Waals surface area (Å²) in [7, 11) is 1.30. The minimum Gasteiger partial charge on any atom is -0.467 e. The number of hydrogen-bond donors (Lipinski definition) is 1. The smallest absolute Gasteiger partial charge is 0.333 e. The van der Waals surface area contributed by atoms with E-state index in [2.05, 4.69) is 10.1 Å². The van der Waals surface area contributed by atoms with Crippen LogP contribution in [0.2, 0.25) is 0 Å². The molecule has 1 rings (SSSR count). The summed E-state index contributed by atoms with van der Waals surface area (Å²) in [5.41, 5.74) is 0.747. The third-order valence-electron chi connectivity index (χ3n) is 1.66. The van der Waals surface area contributed by atoms with Crippen molar-refractivity contribution < 1.29 is 14.3 Å². The Hall–Kier alpha value is -1.36. The summed E-state index contributed by atoms with van der Waals surface area (Å²) in [6.45, 7) is 1.36.